The van der Waals surface area contributed by atoms with Gasteiger partial charge in [0, 0.05) is 16.3 Å². The molecule has 5 rings (SSSR count). The van der Waals surface area contributed by atoms with Crippen LogP contribution in [0.15, 0.2) is 38.5 Å². The lowest BCUT2D eigenvalue weighted by molar-refractivity contribution is 0.557. The monoisotopic (exact) mass is 406 g/mol. The number of aromatic nitrogens is 2. The van der Waals surface area contributed by atoms with E-state index in [1.807, 2.05) is 26.0 Å². The van der Waals surface area contributed by atoms with Crippen LogP contribution < -0.4 is 11.2 Å². The Bertz CT molecular complexity index is 1380. The van der Waals surface area contributed by atoms with Gasteiger partial charge in [-0.15, -0.1) is 11.3 Å². The second-order valence-corrected chi connectivity index (χ2v) is 9.03. The van der Waals surface area contributed by atoms with Gasteiger partial charge in [-0.1, -0.05) is 6.42 Å². The average Bonchev–Trinajstić information content (AvgIpc) is 2.88. The molecule has 0 unspecified atom stereocenters. The van der Waals surface area contributed by atoms with Crippen LogP contribution >= 0.6 is 11.3 Å². The molecule has 3 aromatic heterocycles. The van der Waals surface area contributed by atoms with Crippen LogP contribution in [0.4, 0.5) is 0 Å². The van der Waals surface area contributed by atoms with E-state index in [1.54, 1.807) is 22.2 Å². The van der Waals surface area contributed by atoms with Crippen LogP contribution in [0.5, 0.6) is 0 Å². The highest BCUT2D eigenvalue weighted by molar-refractivity contribution is 7.18. The predicted octanol–water partition coefficient (Wildman–Crippen LogP) is 4.50. The molecule has 29 heavy (non-hydrogen) atoms. The van der Waals surface area contributed by atoms with Gasteiger partial charge < -0.3 is 4.42 Å². The van der Waals surface area contributed by atoms with Crippen molar-refractivity contribution in [2.45, 2.75) is 52.5 Å². The van der Waals surface area contributed by atoms with Crippen molar-refractivity contribution in [2.24, 2.45) is 0 Å². The highest BCUT2D eigenvalue weighted by Gasteiger charge is 2.19. The maximum Gasteiger partial charge on any atom is 0.336 e. The molecule has 0 spiro atoms. The summed E-state index contributed by atoms with van der Waals surface area (Å²) < 4.78 is 7.02. The Morgan fingerprint density at radius 1 is 1.07 bits per heavy atom. The minimum atomic E-state index is -0.401. The van der Waals surface area contributed by atoms with Crippen LogP contribution in [0.3, 0.4) is 0 Å². The standard InChI is InChI=1S/C23H22N2O3S/c1-13-8-17-15(10-20(26)28-18(17)9-14(13)2)11-25-12-24-22-21(23(25)27)16-6-4-3-5-7-19(16)29-22/h8-10,12H,3-7,11H2,1-2H3. The summed E-state index contributed by atoms with van der Waals surface area (Å²) in [4.78, 5) is 32.2. The highest BCUT2D eigenvalue weighted by atomic mass is 32.1. The third kappa shape index (κ3) is 3.12. The van der Waals surface area contributed by atoms with Gasteiger partial charge in [-0.05, 0) is 73.9 Å². The van der Waals surface area contributed by atoms with Gasteiger partial charge in [-0.3, -0.25) is 9.36 Å². The summed E-state index contributed by atoms with van der Waals surface area (Å²) >= 11 is 1.66. The highest BCUT2D eigenvalue weighted by Crippen LogP contribution is 2.32. The number of fused-ring (bicyclic) bond motifs is 4. The Balaban J connectivity index is 1.67. The lowest BCUT2D eigenvalue weighted by Crippen LogP contribution is -2.22. The van der Waals surface area contributed by atoms with E-state index in [4.69, 9.17) is 4.42 Å². The molecule has 0 atom stereocenters. The fraction of sp³-hybridized carbons (Fsp3) is 0.348. The lowest BCUT2D eigenvalue weighted by atomic mass is 10.0. The third-order valence-electron chi connectivity index (χ3n) is 5.98. The zero-order chi connectivity index (χ0) is 20.1. The van der Waals surface area contributed by atoms with Gasteiger partial charge in [-0.25, -0.2) is 9.78 Å². The van der Waals surface area contributed by atoms with Gasteiger partial charge in [-0.2, -0.15) is 0 Å². The molecule has 3 heterocycles. The molecule has 1 aliphatic carbocycles. The first kappa shape index (κ1) is 18.3. The summed E-state index contributed by atoms with van der Waals surface area (Å²) in [5, 5.41) is 1.64. The molecule has 0 bridgehead atoms. The topological polar surface area (TPSA) is 65.1 Å². The molecule has 0 saturated carbocycles. The van der Waals surface area contributed by atoms with Crippen LogP contribution in [0.1, 0.15) is 46.4 Å². The van der Waals surface area contributed by atoms with E-state index in [2.05, 4.69) is 4.98 Å². The molecule has 0 saturated heterocycles. The van der Waals surface area contributed by atoms with Crippen LogP contribution in [0.25, 0.3) is 21.2 Å². The molecule has 1 aliphatic rings. The molecule has 6 heteroatoms. The summed E-state index contributed by atoms with van der Waals surface area (Å²) in [6, 6.07) is 5.40. The number of benzene rings is 1. The van der Waals surface area contributed by atoms with Crippen molar-refractivity contribution >= 4 is 32.5 Å². The Kier molecular flexibility index (Phi) is 4.39. The first-order chi connectivity index (χ1) is 14.0. The number of aryl methyl sites for hydroxylation is 4. The van der Waals surface area contributed by atoms with E-state index in [1.165, 1.54) is 29.3 Å². The second kappa shape index (κ2) is 6.95. The lowest BCUT2D eigenvalue weighted by Gasteiger charge is -2.10. The molecule has 0 amide bonds. The second-order valence-electron chi connectivity index (χ2n) is 7.95. The minimum Gasteiger partial charge on any atom is -0.423 e. The fourth-order valence-corrected chi connectivity index (χ4v) is 5.49. The van der Waals surface area contributed by atoms with Crippen molar-refractivity contribution in [3.8, 4) is 0 Å². The van der Waals surface area contributed by atoms with Crippen LogP contribution in [0.2, 0.25) is 0 Å². The number of rotatable bonds is 2. The molecule has 148 valence electrons. The van der Waals surface area contributed by atoms with Crippen molar-refractivity contribution in [3.63, 3.8) is 0 Å². The summed E-state index contributed by atoms with van der Waals surface area (Å²) in [5.74, 6) is 0. The number of hydrogen-bond donors (Lipinski definition) is 0. The summed E-state index contributed by atoms with van der Waals surface area (Å²) in [5.41, 5.74) is 4.31. The van der Waals surface area contributed by atoms with Crippen molar-refractivity contribution in [1.29, 1.82) is 0 Å². The van der Waals surface area contributed by atoms with Gasteiger partial charge in [0.25, 0.3) is 5.56 Å². The van der Waals surface area contributed by atoms with Gasteiger partial charge in [0.2, 0.25) is 0 Å². The van der Waals surface area contributed by atoms with E-state index in [9.17, 15) is 9.59 Å². The van der Waals surface area contributed by atoms with Gasteiger partial charge >= 0.3 is 5.63 Å². The summed E-state index contributed by atoms with van der Waals surface area (Å²) in [7, 11) is 0. The predicted molar refractivity (Wildman–Crippen MR) is 116 cm³/mol. The number of hydrogen-bond acceptors (Lipinski definition) is 5. The van der Waals surface area contributed by atoms with Gasteiger partial charge in [0.05, 0.1) is 18.3 Å². The first-order valence-electron chi connectivity index (χ1n) is 10.0. The Morgan fingerprint density at radius 3 is 2.72 bits per heavy atom. The van der Waals surface area contributed by atoms with Gasteiger partial charge in [0.1, 0.15) is 10.4 Å². The Labute approximate surface area is 171 Å². The Morgan fingerprint density at radius 2 is 1.86 bits per heavy atom. The van der Waals surface area contributed by atoms with Crippen molar-refractivity contribution in [3.05, 3.63) is 72.4 Å². The molecule has 0 radical (unpaired) electrons. The fourth-order valence-electron chi connectivity index (χ4n) is 4.27. The summed E-state index contributed by atoms with van der Waals surface area (Å²) in [6.07, 6.45) is 7.12. The zero-order valence-corrected chi connectivity index (χ0v) is 17.4. The van der Waals surface area contributed by atoms with Crippen molar-refractivity contribution in [1.82, 2.24) is 9.55 Å². The number of nitrogens with zero attached hydrogens (tertiary/aromatic N) is 2. The molecule has 0 aliphatic heterocycles. The molecule has 4 aromatic rings. The molecule has 0 N–H and O–H groups in total. The molecular weight excluding hydrogens is 384 g/mol. The minimum absolute atomic E-state index is 0.0142. The number of thiophene rings is 1. The van der Waals surface area contributed by atoms with E-state index < -0.39 is 5.63 Å². The van der Waals surface area contributed by atoms with Crippen LogP contribution in [-0.2, 0) is 19.4 Å². The normalized spacial score (nSPS) is 14.3. The zero-order valence-electron chi connectivity index (χ0n) is 16.6. The smallest absolute Gasteiger partial charge is 0.336 e. The third-order valence-corrected chi connectivity index (χ3v) is 7.18. The SMILES string of the molecule is Cc1cc2oc(=O)cc(Cn3cnc4sc5c(c4c3=O)CCCCC5)c2cc1C. The summed E-state index contributed by atoms with van der Waals surface area (Å²) in [6.45, 7) is 4.33. The molecule has 5 nitrogen and oxygen atoms in total. The van der Waals surface area contributed by atoms with Crippen LogP contribution in [0, 0.1) is 13.8 Å². The van der Waals surface area contributed by atoms with Crippen LogP contribution in [-0.4, -0.2) is 9.55 Å². The van der Waals surface area contributed by atoms with E-state index in [0.717, 1.165) is 51.6 Å². The molecular formula is C23H22N2O3S. The quantitative estimate of drug-likeness (QED) is 0.363. The maximum absolute atomic E-state index is 13.3. The van der Waals surface area contributed by atoms with E-state index >= 15 is 0 Å². The largest absolute Gasteiger partial charge is 0.423 e. The first-order valence-corrected chi connectivity index (χ1v) is 10.9. The van der Waals surface area contributed by atoms with E-state index in [0.29, 0.717) is 12.1 Å². The molecule has 0 fully saturated rings. The van der Waals surface area contributed by atoms with Gasteiger partial charge in [0.15, 0.2) is 0 Å². The maximum atomic E-state index is 13.3. The Hall–Kier alpha value is -2.73. The van der Waals surface area contributed by atoms with E-state index in [-0.39, 0.29) is 5.56 Å². The van der Waals surface area contributed by atoms with Crippen molar-refractivity contribution < 1.29 is 4.42 Å². The van der Waals surface area contributed by atoms with Crippen molar-refractivity contribution in [2.75, 3.05) is 0 Å². The average molecular weight is 407 g/mol. The molecule has 1 aromatic carbocycles.